The molecule has 0 N–H and O–H groups in total. The topological polar surface area (TPSA) is 26.3 Å². The van der Waals surface area contributed by atoms with Crippen molar-refractivity contribution in [1.29, 1.82) is 0 Å². The summed E-state index contributed by atoms with van der Waals surface area (Å²) in [5.41, 5.74) is 0. The summed E-state index contributed by atoms with van der Waals surface area (Å²) >= 11 is 1.64. The van der Waals surface area contributed by atoms with Crippen molar-refractivity contribution in [1.82, 2.24) is 0 Å². The van der Waals surface area contributed by atoms with E-state index in [4.69, 9.17) is 0 Å². The van der Waals surface area contributed by atoms with Gasteiger partial charge in [0.25, 0.3) is 0 Å². The maximum Gasteiger partial charge on any atom is 0.325 e. The highest BCUT2D eigenvalue weighted by Crippen LogP contribution is 2.03. The predicted molar refractivity (Wildman–Crippen MR) is 29.2 cm³/mol. The largest absolute Gasteiger partial charge is 0.515 e. The van der Waals surface area contributed by atoms with E-state index < -0.39 is 0 Å². The van der Waals surface area contributed by atoms with E-state index in [1.54, 1.807) is 11.8 Å². The molecule has 2 radical (unpaired) electrons. The zero-order valence-corrected chi connectivity index (χ0v) is 5.46. The second-order valence-electron chi connectivity index (χ2n) is 1.11. The Morgan fingerprint density at radius 1 is 1.86 bits per heavy atom. The minimum Gasteiger partial charge on any atom is -0.515 e. The Bertz CT molecular complexity index is 77.0. The van der Waals surface area contributed by atoms with Crippen LogP contribution in [0, 0.1) is 0 Å². The van der Waals surface area contributed by atoms with E-state index in [0.29, 0.717) is 15.5 Å². The van der Waals surface area contributed by atoms with Gasteiger partial charge in [0.1, 0.15) is 0 Å². The fraction of sp³-hybridized carbons (Fsp3) is 0.667. The molecular weight excluding hydrogens is 128 g/mol. The third kappa shape index (κ3) is 1.52. The summed E-state index contributed by atoms with van der Waals surface area (Å²) < 4.78 is 4.65. The lowest BCUT2D eigenvalue weighted by Gasteiger charge is -2.06. The Labute approximate surface area is 48.6 Å². The predicted octanol–water partition coefficient (Wildman–Crippen LogP) is -0.147. The van der Waals surface area contributed by atoms with Gasteiger partial charge in [-0.25, -0.2) is 0 Å². The quantitative estimate of drug-likeness (QED) is 0.429. The van der Waals surface area contributed by atoms with E-state index in [0.717, 1.165) is 5.38 Å². The SMILES string of the molecule is O=C1CSC[Si]O1. The van der Waals surface area contributed by atoms with E-state index in [1.165, 1.54) is 0 Å². The van der Waals surface area contributed by atoms with Crippen LogP contribution in [0.25, 0.3) is 0 Å². The van der Waals surface area contributed by atoms with Crippen LogP contribution in [0.4, 0.5) is 0 Å². The van der Waals surface area contributed by atoms with Gasteiger partial charge in [0.2, 0.25) is 0 Å². The average Bonchev–Trinajstić information content (AvgIpc) is 1.69. The molecule has 38 valence electrons. The van der Waals surface area contributed by atoms with Gasteiger partial charge in [-0.1, -0.05) is 0 Å². The lowest BCUT2D eigenvalue weighted by Crippen LogP contribution is -2.18. The zero-order chi connectivity index (χ0) is 5.11. The van der Waals surface area contributed by atoms with Crippen molar-refractivity contribution < 1.29 is 9.22 Å². The van der Waals surface area contributed by atoms with Gasteiger partial charge >= 0.3 is 15.7 Å². The van der Waals surface area contributed by atoms with E-state index in [2.05, 4.69) is 4.43 Å². The second-order valence-corrected chi connectivity index (χ2v) is 3.46. The van der Waals surface area contributed by atoms with E-state index in [-0.39, 0.29) is 5.97 Å². The van der Waals surface area contributed by atoms with Gasteiger partial charge < -0.3 is 4.43 Å². The number of carbonyl (C=O) groups excluding carboxylic acids is 1. The van der Waals surface area contributed by atoms with Gasteiger partial charge in [-0.3, -0.25) is 4.79 Å². The molecule has 0 amide bonds. The normalized spacial score (nSPS) is 21.4. The number of hydrogen-bond donors (Lipinski definition) is 0. The highest BCUT2D eigenvalue weighted by atomic mass is 32.2. The van der Waals surface area contributed by atoms with Gasteiger partial charge in [0, 0.05) is 5.38 Å². The van der Waals surface area contributed by atoms with E-state index in [9.17, 15) is 4.79 Å². The molecule has 1 aliphatic heterocycles. The summed E-state index contributed by atoms with van der Waals surface area (Å²) in [6, 6.07) is 0. The molecule has 4 heteroatoms. The molecule has 1 aliphatic rings. The van der Waals surface area contributed by atoms with Crippen LogP contribution in [-0.2, 0) is 9.22 Å². The third-order valence-corrected chi connectivity index (χ3v) is 2.67. The first-order valence-corrected chi connectivity index (χ1v) is 4.17. The van der Waals surface area contributed by atoms with Gasteiger partial charge in [-0.15, -0.1) is 0 Å². The molecule has 0 aromatic carbocycles. The van der Waals surface area contributed by atoms with Crippen molar-refractivity contribution in [2.24, 2.45) is 0 Å². The molecule has 0 aromatic heterocycles. The number of thioether (sulfide) groups is 1. The molecule has 0 unspecified atom stereocenters. The van der Waals surface area contributed by atoms with Crippen LogP contribution in [0.2, 0.25) is 0 Å². The number of carbonyl (C=O) groups is 1. The second kappa shape index (κ2) is 2.37. The Hall–Kier alpha value is 0.0369. The zero-order valence-electron chi connectivity index (χ0n) is 3.64. The van der Waals surface area contributed by atoms with Crippen molar-refractivity contribution >= 4 is 27.5 Å². The standard InChI is InChI=1S/C3H4O2SSi/c4-3-1-6-2-7-5-3/h1-2H2. The molecule has 0 spiro atoms. The summed E-state index contributed by atoms with van der Waals surface area (Å²) in [5, 5.41) is 0.992. The van der Waals surface area contributed by atoms with Gasteiger partial charge in [-0.2, -0.15) is 11.8 Å². The minimum absolute atomic E-state index is 0.0606. The number of hydrogen-bond acceptors (Lipinski definition) is 3. The fourth-order valence-corrected chi connectivity index (χ4v) is 1.86. The monoisotopic (exact) mass is 132 g/mol. The molecule has 0 aliphatic carbocycles. The molecule has 0 bridgehead atoms. The lowest BCUT2D eigenvalue weighted by molar-refractivity contribution is -0.131. The molecule has 2 nitrogen and oxygen atoms in total. The first-order valence-electron chi connectivity index (χ1n) is 1.90. The Balaban J connectivity index is 2.25. The summed E-state index contributed by atoms with van der Waals surface area (Å²) in [7, 11) is 0.395. The summed E-state index contributed by atoms with van der Waals surface area (Å²) in [5.74, 6) is 0.488. The van der Waals surface area contributed by atoms with Crippen LogP contribution in [0.15, 0.2) is 0 Å². The first-order chi connectivity index (χ1) is 3.39. The first kappa shape index (κ1) is 5.18. The number of rotatable bonds is 0. The molecule has 1 rings (SSSR count). The molecule has 1 saturated heterocycles. The van der Waals surface area contributed by atoms with Gasteiger partial charge in [0.15, 0.2) is 0 Å². The van der Waals surface area contributed by atoms with Crippen LogP contribution in [0.5, 0.6) is 0 Å². The van der Waals surface area contributed by atoms with Crippen molar-refractivity contribution in [3.8, 4) is 0 Å². The highest BCUT2D eigenvalue weighted by Gasteiger charge is 2.09. The Morgan fingerprint density at radius 3 is 3.00 bits per heavy atom. The molecule has 7 heavy (non-hydrogen) atoms. The van der Waals surface area contributed by atoms with Gasteiger partial charge in [0.05, 0.1) is 5.75 Å². The minimum atomic E-state index is -0.0606. The molecule has 0 saturated carbocycles. The van der Waals surface area contributed by atoms with Gasteiger partial charge in [-0.05, 0) is 0 Å². The Kier molecular flexibility index (Phi) is 1.75. The third-order valence-electron chi connectivity index (χ3n) is 0.567. The molecule has 1 fully saturated rings. The van der Waals surface area contributed by atoms with Crippen LogP contribution in [0.1, 0.15) is 0 Å². The fourth-order valence-electron chi connectivity index (χ4n) is 0.315. The van der Waals surface area contributed by atoms with Crippen LogP contribution in [-0.4, -0.2) is 26.9 Å². The van der Waals surface area contributed by atoms with Crippen LogP contribution >= 0.6 is 11.8 Å². The van der Waals surface area contributed by atoms with Crippen LogP contribution < -0.4 is 0 Å². The molecule has 1 heterocycles. The van der Waals surface area contributed by atoms with Crippen molar-refractivity contribution in [3.05, 3.63) is 0 Å². The summed E-state index contributed by atoms with van der Waals surface area (Å²) in [6.07, 6.45) is 0. The highest BCUT2D eigenvalue weighted by molar-refractivity contribution is 8.01. The van der Waals surface area contributed by atoms with E-state index in [1.807, 2.05) is 0 Å². The molecular formula is C3H4O2SSi. The lowest BCUT2D eigenvalue weighted by atomic mass is 10.8. The van der Waals surface area contributed by atoms with Crippen molar-refractivity contribution in [2.45, 2.75) is 0 Å². The maximum absolute atomic E-state index is 10.2. The summed E-state index contributed by atoms with van der Waals surface area (Å²) in [6.45, 7) is 0. The van der Waals surface area contributed by atoms with Crippen molar-refractivity contribution in [2.75, 3.05) is 11.1 Å². The molecule has 0 atom stereocenters. The van der Waals surface area contributed by atoms with Crippen molar-refractivity contribution in [3.63, 3.8) is 0 Å². The summed E-state index contributed by atoms with van der Waals surface area (Å²) in [4.78, 5) is 10.2. The van der Waals surface area contributed by atoms with E-state index >= 15 is 0 Å². The maximum atomic E-state index is 10.2. The Morgan fingerprint density at radius 2 is 2.71 bits per heavy atom. The average molecular weight is 132 g/mol. The smallest absolute Gasteiger partial charge is 0.325 e. The molecule has 0 aromatic rings. The van der Waals surface area contributed by atoms with Crippen LogP contribution in [0.3, 0.4) is 0 Å².